The zero-order valence-corrected chi connectivity index (χ0v) is 13.3. The maximum atomic E-state index is 12.3. The lowest BCUT2D eigenvalue weighted by Gasteiger charge is -2.17. The number of carboxylic acid groups (broad SMARTS) is 1. The van der Waals surface area contributed by atoms with Crippen LogP contribution in [0.25, 0.3) is 5.69 Å². The summed E-state index contributed by atoms with van der Waals surface area (Å²) in [7, 11) is 0. The predicted molar refractivity (Wildman–Crippen MR) is 88.1 cm³/mol. The Kier molecular flexibility index (Phi) is 3.59. The molecule has 124 valence electrons. The molecule has 4 rings (SSSR count). The van der Waals surface area contributed by atoms with Gasteiger partial charge in [0.15, 0.2) is 0 Å². The second-order valence-electron chi connectivity index (χ2n) is 6.63. The molecule has 1 unspecified atom stereocenters. The molecule has 2 aliphatic rings. The Hall–Kier alpha value is -2.63. The molecule has 1 saturated carbocycles. The Morgan fingerprint density at radius 3 is 2.62 bits per heavy atom. The van der Waals surface area contributed by atoms with Crippen LogP contribution in [0.1, 0.15) is 25.0 Å². The van der Waals surface area contributed by atoms with Crippen molar-refractivity contribution in [1.29, 1.82) is 0 Å². The highest BCUT2D eigenvalue weighted by Crippen LogP contribution is 2.34. The number of hydrogen-bond donors (Lipinski definition) is 1. The predicted octanol–water partition coefficient (Wildman–Crippen LogP) is 2.26. The fourth-order valence-corrected chi connectivity index (χ4v) is 3.18. The van der Waals surface area contributed by atoms with Crippen molar-refractivity contribution in [3.8, 4) is 5.69 Å². The molecule has 1 aliphatic carbocycles. The Balaban J connectivity index is 1.71. The number of carbonyl (C=O) groups excluding carboxylic acids is 1. The van der Waals surface area contributed by atoms with E-state index < -0.39 is 11.9 Å². The number of amides is 1. The highest BCUT2D eigenvalue weighted by Gasteiger charge is 2.37. The van der Waals surface area contributed by atoms with Crippen LogP contribution >= 0.6 is 0 Å². The lowest BCUT2D eigenvalue weighted by atomic mass is 10.1. The van der Waals surface area contributed by atoms with E-state index in [0.717, 1.165) is 17.8 Å². The molecular weight excluding hydrogens is 306 g/mol. The number of carboxylic acids is 1. The van der Waals surface area contributed by atoms with Crippen LogP contribution in [0.15, 0.2) is 36.4 Å². The number of rotatable bonds is 5. The number of carbonyl (C=O) groups is 2. The van der Waals surface area contributed by atoms with Gasteiger partial charge < -0.3 is 5.11 Å². The van der Waals surface area contributed by atoms with Gasteiger partial charge in [0.1, 0.15) is 5.82 Å². The van der Waals surface area contributed by atoms with Crippen molar-refractivity contribution in [1.82, 2.24) is 9.78 Å². The number of benzene rings is 1. The highest BCUT2D eigenvalue weighted by molar-refractivity contribution is 5.98. The summed E-state index contributed by atoms with van der Waals surface area (Å²) >= 11 is 0. The van der Waals surface area contributed by atoms with Gasteiger partial charge in [0.2, 0.25) is 5.91 Å². The van der Waals surface area contributed by atoms with Crippen molar-refractivity contribution in [2.24, 2.45) is 11.8 Å². The van der Waals surface area contributed by atoms with Gasteiger partial charge in [-0.3, -0.25) is 14.5 Å². The number of nitrogens with zero attached hydrogens (tertiary/aromatic N) is 3. The molecule has 1 aliphatic heterocycles. The zero-order valence-electron chi connectivity index (χ0n) is 13.3. The summed E-state index contributed by atoms with van der Waals surface area (Å²) < 4.78 is 1.76. The first-order chi connectivity index (χ1) is 11.6. The van der Waals surface area contributed by atoms with E-state index in [2.05, 4.69) is 5.10 Å². The van der Waals surface area contributed by atoms with Crippen LogP contribution < -0.4 is 4.90 Å². The molecule has 0 bridgehead atoms. The molecule has 1 amide bonds. The second kappa shape index (κ2) is 5.78. The largest absolute Gasteiger partial charge is 0.481 e. The summed E-state index contributed by atoms with van der Waals surface area (Å²) in [4.78, 5) is 25.1. The Bertz CT molecular complexity index is 780. The molecule has 1 aromatic heterocycles. The fourth-order valence-electron chi connectivity index (χ4n) is 3.18. The topological polar surface area (TPSA) is 75.4 Å². The third-order valence-corrected chi connectivity index (χ3v) is 4.69. The number of hydrogen-bond acceptors (Lipinski definition) is 3. The van der Waals surface area contributed by atoms with Gasteiger partial charge in [-0.1, -0.05) is 18.2 Å². The number of aromatic nitrogens is 2. The van der Waals surface area contributed by atoms with Crippen molar-refractivity contribution >= 4 is 17.7 Å². The van der Waals surface area contributed by atoms with Crippen LogP contribution in [-0.4, -0.2) is 33.3 Å². The minimum atomic E-state index is -0.921. The summed E-state index contributed by atoms with van der Waals surface area (Å²) in [6.45, 7) is 0.204. The molecule has 6 nitrogen and oxygen atoms in total. The minimum Gasteiger partial charge on any atom is -0.481 e. The quantitative estimate of drug-likeness (QED) is 0.915. The first kappa shape index (κ1) is 14.9. The molecule has 0 spiro atoms. The van der Waals surface area contributed by atoms with Gasteiger partial charge in [-0.25, -0.2) is 4.68 Å². The average molecular weight is 325 g/mol. The highest BCUT2D eigenvalue weighted by atomic mass is 16.4. The maximum absolute atomic E-state index is 12.3. The van der Waals surface area contributed by atoms with E-state index in [0.29, 0.717) is 11.7 Å². The van der Waals surface area contributed by atoms with Gasteiger partial charge in [-0.2, -0.15) is 5.10 Å². The molecule has 1 aromatic carbocycles. The van der Waals surface area contributed by atoms with Crippen molar-refractivity contribution in [3.63, 3.8) is 0 Å². The van der Waals surface area contributed by atoms with E-state index in [1.165, 1.54) is 12.8 Å². The summed E-state index contributed by atoms with van der Waals surface area (Å²) in [6, 6.07) is 11.6. The van der Waals surface area contributed by atoms with E-state index in [9.17, 15) is 14.7 Å². The van der Waals surface area contributed by atoms with Crippen LogP contribution in [0.2, 0.25) is 0 Å². The maximum Gasteiger partial charge on any atom is 0.308 e. The smallest absolute Gasteiger partial charge is 0.308 e. The molecule has 24 heavy (non-hydrogen) atoms. The average Bonchev–Trinajstić information content (AvgIpc) is 3.15. The van der Waals surface area contributed by atoms with Crippen molar-refractivity contribution in [3.05, 3.63) is 42.1 Å². The van der Waals surface area contributed by atoms with Crippen LogP contribution in [-0.2, 0) is 16.0 Å². The third kappa shape index (κ3) is 2.79. The lowest BCUT2D eigenvalue weighted by Crippen LogP contribution is -2.28. The molecule has 1 atom stereocenters. The van der Waals surface area contributed by atoms with Gasteiger partial charge in [0.05, 0.1) is 17.3 Å². The van der Waals surface area contributed by atoms with E-state index in [1.54, 1.807) is 9.58 Å². The third-order valence-electron chi connectivity index (χ3n) is 4.69. The van der Waals surface area contributed by atoms with E-state index in [-0.39, 0.29) is 18.9 Å². The molecule has 2 heterocycles. The monoisotopic (exact) mass is 325 g/mol. The second-order valence-corrected chi connectivity index (χ2v) is 6.63. The first-order valence-corrected chi connectivity index (χ1v) is 8.29. The van der Waals surface area contributed by atoms with E-state index >= 15 is 0 Å². The summed E-state index contributed by atoms with van der Waals surface area (Å²) in [5.41, 5.74) is 1.84. The number of para-hydroxylation sites is 1. The van der Waals surface area contributed by atoms with Gasteiger partial charge in [0, 0.05) is 19.0 Å². The minimum absolute atomic E-state index is 0.0489. The first-order valence-electron chi connectivity index (χ1n) is 8.29. The van der Waals surface area contributed by atoms with Crippen molar-refractivity contribution < 1.29 is 14.7 Å². The van der Waals surface area contributed by atoms with Crippen LogP contribution in [0.4, 0.5) is 5.82 Å². The molecule has 0 radical (unpaired) electrons. The summed E-state index contributed by atoms with van der Waals surface area (Å²) in [5, 5.41) is 13.9. The number of anilines is 1. The van der Waals surface area contributed by atoms with E-state index in [1.807, 2.05) is 36.4 Å². The van der Waals surface area contributed by atoms with Gasteiger partial charge in [0.25, 0.3) is 0 Å². The van der Waals surface area contributed by atoms with Crippen molar-refractivity contribution in [2.45, 2.75) is 25.7 Å². The van der Waals surface area contributed by atoms with Gasteiger partial charge in [-0.05, 0) is 37.3 Å². The van der Waals surface area contributed by atoms with Crippen LogP contribution in [0, 0.1) is 11.8 Å². The Morgan fingerprint density at radius 1 is 1.25 bits per heavy atom. The van der Waals surface area contributed by atoms with Crippen molar-refractivity contribution in [2.75, 3.05) is 11.4 Å². The summed E-state index contributed by atoms with van der Waals surface area (Å²) in [6.07, 6.45) is 3.43. The Labute approximate surface area is 139 Å². The van der Waals surface area contributed by atoms with Crippen LogP contribution in [0.3, 0.4) is 0 Å². The number of aliphatic carboxylic acids is 1. The molecule has 6 heteroatoms. The zero-order chi connectivity index (χ0) is 16.7. The normalized spacial score (nSPS) is 20.6. The SMILES string of the molecule is O=C(O)C1CC(=O)N(c2cc(CC3CC3)nn2-c2ccccc2)C1. The molecule has 2 aromatic rings. The molecule has 2 fully saturated rings. The Morgan fingerprint density at radius 2 is 2.00 bits per heavy atom. The molecule has 1 N–H and O–H groups in total. The standard InChI is InChI=1S/C18H19N3O3/c22-17-9-13(18(23)24)11-20(17)16-10-14(8-12-6-7-12)19-21(16)15-4-2-1-3-5-15/h1-5,10,12-13H,6-9,11H2,(H,23,24). The lowest BCUT2D eigenvalue weighted by molar-refractivity contribution is -0.141. The van der Waals surface area contributed by atoms with E-state index in [4.69, 9.17) is 0 Å². The van der Waals surface area contributed by atoms with Gasteiger partial charge >= 0.3 is 5.97 Å². The summed E-state index contributed by atoms with van der Waals surface area (Å²) in [5.74, 6) is -0.362. The van der Waals surface area contributed by atoms with Gasteiger partial charge in [-0.15, -0.1) is 0 Å². The molecular formula is C18H19N3O3. The van der Waals surface area contributed by atoms with Crippen LogP contribution in [0.5, 0.6) is 0 Å². The molecule has 1 saturated heterocycles. The fraction of sp³-hybridized carbons (Fsp3) is 0.389.